The third kappa shape index (κ3) is 4.83. The van der Waals surface area contributed by atoms with Gasteiger partial charge in [-0.25, -0.2) is 0 Å². The van der Waals surface area contributed by atoms with Crippen LogP contribution in [0.4, 0.5) is 0 Å². The molecule has 1 rings (SSSR count). The molecule has 0 aliphatic heterocycles. The number of hydrogen-bond acceptors (Lipinski definition) is 3. The van der Waals surface area contributed by atoms with Gasteiger partial charge in [0.1, 0.15) is 0 Å². The molecule has 94 valence electrons. The van der Waals surface area contributed by atoms with Crippen LogP contribution in [0.2, 0.25) is 0 Å². The minimum atomic E-state index is 0.115. The van der Waals surface area contributed by atoms with E-state index < -0.39 is 0 Å². The van der Waals surface area contributed by atoms with Crippen LogP contribution < -0.4 is 0 Å². The van der Waals surface area contributed by atoms with E-state index in [1.54, 1.807) is 25.2 Å². The molecule has 1 aromatic rings. The van der Waals surface area contributed by atoms with E-state index in [-0.39, 0.29) is 5.91 Å². The minimum Gasteiger partial charge on any atom is -0.348 e. The summed E-state index contributed by atoms with van der Waals surface area (Å²) in [5.41, 5.74) is 0.974. The van der Waals surface area contributed by atoms with Crippen LogP contribution >= 0.6 is 15.9 Å². The maximum atomic E-state index is 11.6. The van der Waals surface area contributed by atoms with Gasteiger partial charge in [-0.3, -0.25) is 14.7 Å². The summed E-state index contributed by atoms with van der Waals surface area (Å²) in [4.78, 5) is 19.6. The van der Waals surface area contributed by atoms with Crippen LogP contribution in [0.3, 0.4) is 0 Å². The van der Waals surface area contributed by atoms with Gasteiger partial charge in [0.25, 0.3) is 0 Å². The fourth-order valence-electron chi connectivity index (χ4n) is 1.34. The van der Waals surface area contributed by atoms with Crippen LogP contribution in [0.15, 0.2) is 22.8 Å². The Morgan fingerprint density at radius 3 is 2.59 bits per heavy atom. The number of aromatic nitrogens is 1. The molecule has 0 aromatic carbocycles. The van der Waals surface area contributed by atoms with E-state index in [0.717, 1.165) is 16.7 Å². The summed E-state index contributed by atoms with van der Waals surface area (Å²) in [7, 11) is 3.54. The van der Waals surface area contributed by atoms with Crippen LogP contribution in [0.5, 0.6) is 0 Å². The Hall–Kier alpha value is -0.940. The maximum Gasteiger partial charge on any atom is 0.236 e. The van der Waals surface area contributed by atoms with Crippen molar-refractivity contribution in [2.45, 2.75) is 13.5 Å². The predicted octanol–water partition coefficient (Wildman–Crippen LogP) is 1.75. The Bertz CT molecular complexity index is 365. The third-order valence-electron chi connectivity index (χ3n) is 2.48. The van der Waals surface area contributed by atoms with Crippen molar-refractivity contribution in [2.75, 3.05) is 27.2 Å². The lowest BCUT2D eigenvalue weighted by molar-refractivity contribution is -0.130. The average Bonchev–Trinajstić information content (AvgIpc) is 2.30. The van der Waals surface area contributed by atoms with Crippen molar-refractivity contribution >= 4 is 21.8 Å². The molecular weight excluding hydrogens is 282 g/mol. The molecule has 0 spiro atoms. The molecule has 1 aromatic heterocycles. The van der Waals surface area contributed by atoms with Gasteiger partial charge >= 0.3 is 0 Å². The van der Waals surface area contributed by atoms with Crippen LogP contribution in [-0.4, -0.2) is 47.9 Å². The number of pyridine rings is 1. The second kappa shape index (κ2) is 6.71. The minimum absolute atomic E-state index is 0.115. The first-order valence-electron chi connectivity index (χ1n) is 5.56. The Balaban J connectivity index is 2.57. The van der Waals surface area contributed by atoms with Crippen molar-refractivity contribution in [2.24, 2.45) is 0 Å². The first-order valence-corrected chi connectivity index (χ1v) is 6.35. The number of carbonyl (C=O) groups excluding carboxylic acids is 1. The monoisotopic (exact) mass is 299 g/mol. The zero-order valence-corrected chi connectivity index (χ0v) is 12.1. The first-order chi connectivity index (χ1) is 8.02. The van der Waals surface area contributed by atoms with Crippen molar-refractivity contribution in [1.29, 1.82) is 0 Å². The summed E-state index contributed by atoms with van der Waals surface area (Å²) in [6, 6.07) is 3.93. The van der Waals surface area contributed by atoms with Crippen molar-refractivity contribution in [3.63, 3.8) is 0 Å². The van der Waals surface area contributed by atoms with Crippen LogP contribution in [0.1, 0.15) is 12.6 Å². The van der Waals surface area contributed by atoms with Gasteiger partial charge in [-0.15, -0.1) is 0 Å². The molecule has 1 amide bonds. The Morgan fingerprint density at radius 2 is 2.12 bits per heavy atom. The zero-order chi connectivity index (χ0) is 12.8. The van der Waals surface area contributed by atoms with Crippen molar-refractivity contribution in [1.82, 2.24) is 14.8 Å². The zero-order valence-electron chi connectivity index (χ0n) is 10.5. The molecule has 0 saturated carbocycles. The Kier molecular flexibility index (Phi) is 5.58. The lowest BCUT2D eigenvalue weighted by Crippen LogP contribution is -2.36. The molecule has 0 saturated heterocycles. The fraction of sp³-hybridized carbons (Fsp3) is 0.500. The van der Waals surface area contributed by atoms with Gasteiger partial charge < -0.3 is 4.90 Å². The standard InChI is InChI=1S/C12H18BrN3O/c1-4-16(9-12(17)15(2)3)8-11-6-5-10(13)7-14-11/h5-7H,4,8-9H2,1-3H3. The Labute approximate surface area is 111 Å². The number of carbonyl (C=O) groups is 1. The Morgan fingerprint density at radius 1 is 1.41 bits per heavy atom. The molecule has 0 bridgehead atoms. The number of hydrogen-bond donors (Lipinski definition) is 0. The summed E-state index contributed by atoms with van der Waals surface area (Å²) >= 11 is 3.35. The van der Waals surface area contributed by atoms with Gasteiger partial charge in [0, 0.05) is 31.3 Å². The normalized spacial score (nSPS) is 10.6. The number of halogens is 1. The molecule has 0 atom stereocenters. The van der Waals surface area contributed by atoms with E-state index >= 15 is 0 Å². The van der Waals surface area contributed by atoms with Crippen LogP contribution in [0, 0.1) is 0 Å². The van der Waals surface area contributed by atoms with Gasteiger partial charge in [0.05, 0.1) is 12.2 Å². The number of rotatable bonds is 5. The SMILES string of the molecule is CCN(CC(=O)N(C)C)Cc1ccc(Br)cn1. The second-order valence-electron chi connectivity index (χ2n) is 4.06. The van der Waals surface area contributed by atoms with Gasteiger partial charge in [0.2, 0.25) is 5.91 Å². The van der Waals surface area contributed by atoms with E-state index in [4.69, 9.17) is 0 Å². The summed E-state index contributed by atoms with van der Waals surface area (Å²) < 4.78 is 0.966. The molecule has 17 heavy (non-hydrogen) atoms. The summed E-state index contributed by atoms with van der Waals surface area (Å²) in [6.07, 6.45) is 1.77. The van der Waals surface area contributed by atoms with E-state index in [2.05, 4.69) is 25.8 Å². The highest BCUT2D eigenvalue weighted by Crippen LogP contribution is 2.09. The van der Waals surface area contributed by atoms with E-state index in [0.29, 0.717) is 13.1 Å². The maximum absolute atomic E-state index is 11.6. The molecule has 5 heteroatoms. The molecule has 0 radical (unpaired) electrons. The predicted molar refractivity (Wildman–Crippen MR) is 71.6 cm³/mol. The number of amides is 1. The molecule has 0 aliphatic carbocycles. The molecule has 0 aliphatic rings. The number of nitrogens with zero attached hydrogens (tertiary/aromatic N) is 3. The van der Waals surface area contributed by atoms with Gasteiger partial charge in [-0.05, 0) is 34.6 Å². The molecule has 0 unspecified atom stereocenters. The van der Waals surface area contributed by atoms with Gasteiger partial charge in [0.15, 0.2) is 0 Å². The lowest BCUT2D eigenvalue weighted by Gasteiger charge is -2.21. The first kappa shape index (κ1) is 14.1. The lowest BCUT2D eigenvalue weighted by atomic mass is 10.3. The molecule has 0 fully saturated rings. The van der Waals surface area contributed by atoms with E-state index in [1.807, 2.05) is 19.1 Å². The largest absolute Gasteiger partial charge is 0.348 e. The van der Waals surface area contributed by atoms with Crippen molar-refractivity contribution in [3.8, 4) is 0 Å². The second-order valence-corrected chi connectivity index (χ2v) is 4.97. The number of likely N-dealkylation sites (N-methyl/N-ethyl adjacent to an activating group) is 2. The van der Waals surface area contributed by atoms with E-state index in [1.165, 1.54) is 0 Å². The fourth-order valence-corrected chi connectivity index (χ4v) is 1.58. The molecule has 0 N–H and O–H groups in total. The van der Waals surface area contributed by atoms with Crippen LogP contribution in [0.25, 0.3) is 0 Å². The molecule has 1 heterocycles. The van der Waals surface area contributed by atoms with Crippen LogP contribution in [-0.2, 0) is 11.3 Å². The molecular formula is C12H18BrN3O. The molecule has 4 nitrogen and oxygen atoms in total. The van der Waals surface area contributed by atoms with Gasteiger partial charge in [-0.1, -0.05) is 6.92 Å². The summed E-state index contributed by atoms with van der Waals surface area (Å²) in [5, 5.41) is 0. The average molecular weight is 300 g/mol. The highest BCUT2D eigenvalue weighted by atomic mass is 79.9. The topological polar surface area (TPSA) is 36.4 Å². The smallest absolute Gasteiger partial charge is 0.236 e. The van der Waals surface area contributed by atoms with Gasteiger partial charge in [-0.2, -0.15) is 0 Å². The quantitative estimate of drug-likeness (QED) is 0.831. The highest BCUT2D eigenvalue weighted by molar-refractivity contribution is 9.10. The summed E-state index contributed by atoms with van der Waals surface area (Å²) in [5.74, 6) is 0.115. The third-order valence-corrected chi connectivity index (χ3v) is 2.95. The van der Waals surface area contributed by atoms with Crippen molar-refractivity contribution < 1.29 is 4.79 Å². The van der Waals surface area contributed by atoms with E-state index in [9.17, 15) is 4.79 Å². The summed E-state index contributed by atoms with van der Waals surface area (Å²) in [6.45, 7) is 4.00. The van der Waals surface area contributed by atoms with Crippen molar-refractivity contribution in [3.05, 3.63) is 28.5 Å². The highest BCUT2D eigenvalue weighted by Gasteiger charge is 2.11.